The monoisotopic (exact) mass is 332 g/mol. The number of hydrogen-bond donors (Lipinski definition) is 4. The van der Waals surface area contributed by atoms with Crippen LogP contribution in [0.25, 0.3) is 0 Å². The molecule has 0 atom stereocenters. The normalized spacial score (nSPS) is 9.83. The first-order valence-electron chi connectivity index (χ1n) is 6.95. The maximum atomic E-state index is 12.8. The highest BCUT2D eigenvalue weighted by Crippen LogP contribution is 2.08. The zero-order valence-electron chi connectivity index (χ0n) is 12.5. The number of benzene rings is 2. The van der Waals surface area contributed by atoms with Crippen LogP contribution in [-0.4, -0.2) is 17.6 Å². The molecule has 0 aliphatic heterocycles. The molecule has 0 aliphatic carbocycles. The first kappa shape index (κ1) is 16.7. The summed E-state index contributed by atoms with van der Waals surface area (Å²) in [7, 11) is 0. The van der Waals surface area contributed by atoms with Gasteiger partial charge in [-0.15, -0.1) is 0 Å². The van der Waals surface area contributed by atoms with Crippen molar-refractivity contribution in [3.8, 4) is 0 Å². The van der Waals surface area contributed by atoms with Crippen LogP contribution >= 0.6 is 12.2 Å². The van der Waals surface area contributed by atoms with Gasteiger partial charge in [0, 0.05) is 11.4 Å². The summed E-state index contributed by atoms with van der Waals surface area (Å²) in [5.41, 5.74) is 7.68. The lowest BCUT2D eigenvalue weighted by Crippen LogP contribution is -2.45. The molecule has 0 aliphatic rings. The topological polar surface area (TPSA) is 65.2 Å². The number of carbonyl (C=O) groups excluding carboxylic acids is 1. The first-order chi connectivity index (χ1) is 11.0. The summed E-state index contributed by atoms with van der Waals surface area (Å²) in [6, 6.07) is 13.4. The van der Waals surface area contributed by atoms with Gasteiger partial charge in [-0.2, -0.15) is 0 Å². The average Bonchev–Trinajstić information content (AvgIpc) is 2.54. The van der Waals surface area contributed by atoms with E-state index in [0.29, 0.717) is 5.69 Å². The van der Waals surface area contributed by atoms with Crippen LogP contribution in [0.5, 0.6) is 0 Å². The molecule has 2 aromatic rings. The largest absolute Gasteiger partial charge is 0.376 e. The molecular weight excluding hydrogens is 315 g/mol. The molecule has 0 heterocycles. The van der Waals surface area contributed by atoms with E-state index in [1.54, 1.807) is 12.1 Å². The van der Waals surface area contributed by atoms with Crippen LogP contribution in [0.3, 0.4) is 0 Å². The van der Waals surface area contributed by atoms with Crippen LogP contribution in [0, 0.1) is 12.7 Å². The van der Waals surface area contributed by atoms with Gasteiger partial charge in [-0.1, -0.05) is 17.7 Å². The number of thiocarbonyl (C=S) groups is 1. The Bertz CT molecular complexity index is 673. The molecule has 0 spiro atoms. The van der Waals surface area contributed by atoms with Gasteiger partial charge in [-0.3, -0.25) is 15.6 Å². The number of hydrazine groups is 1. The molecular formula is C16H17FN4OS. The van der Waals surface area contributed by atoms with E-state index in [0.717, 1.165) is 11.3 Å². The summed E-state index contributed by atoms with van der Waals surface area (Å²) in [6.07, 6.45) is 0. The summed E-state index contributed by atoms with van der Waals surface area (Å²) in [4.78, 5) is 11.7. The number of halogens is 1. The SMILES string of the molecule is Cc1ccc(NCC(=O)NNC(=S)Nc2ccc(F)cc2)cc1. The molecule has 7 heteroatoms. The zero-order chi connectivity index (χ0) is 16.7. The highest BCUT2D eigenvalue weighted by atomic mass is 32.1. The molecule has 2 rings (SSSR count). The molecule has 0 bridgehead atoms. The maximum absolute atomic E-state index is 12.8. The standard InChI is InChI=1S/C16H17FN4OS/c1-11-2-6-13(7-3-11)18-10-15(22)20-21-16(23)19-14-8-4-12(17)5-9-14/h2-9,18H,10H2,1H3,(H,20,22)(H2,19,21,23). The molecule has 0 saturated heterocycles. The van der Waals surface area contributed by atoms with Gasteiger partial charge < -0.3 is 10.6 Å². The van der Waals surface area contributed by atoms with E-state index in [1.165, 1.54) is 12.1 Å². The van der Waals surface area contributed by atoms with Crippen molar-refractivity contribution in [3.63, 3.8) is 0 Å². The Morgan fingerprint density at radius 2 is 1.61 bits per heavy atom. The third-order valence-corrected chi connectivity index (χ3v) is 3.13. The highest BCUT2D eigenvalue weighted by molar-refractivity contribution is 7.80. The lowest BCUT2D eigenvalue weighted by Gasteiger charge is -2.12. The Balaban J connectivity index is 1.70. The van der Waals surface area contributed by atoms with Crippen molar-refractivity contribution in [2.24, 2.45) is 0 Å². The second-order valence-corrected chi connectivity index (χ2v) is 5.26. The third kappa shape index (κ3) is 5.91. The van der Waals surface area contributed by atoms with E-state index >= 15 is 0 Å². The predicted molar refractivity (Wildman–Crippen MR) is 93.6 cm³/mol. The molecule has 0 saturated carbocycles. The van der Waals surface area contributed by atoms with Gasteiger partial charge in [0.2, 0.25) is 0 Å². The van der Waals surface area contributed by atoms with Gasteiger partial charge in [0.25, 0.3) is 5.91 Å². The Labute approximate surface area is 139 Å². The van der Waals surface area contributed by atoms with Crippen molar-refractivity contribution >= 4 is 34.6 Å². The minimum absolute atomic E-state index is 0.106. The fraction of sp³-hybridized carbons (Fsp3) is 0.125. The Kier molecular flexibility index (Phi) is 5.87. The van der Waals surface area contributed by atoms with E-state index in [4.69, 9.17) is 12.2 Å². The Morgan fingerprint density at radius 1 is 1.00 bits per heavy atom. The van der Waals surface area contributed by atoms with Crippen molar-refractivity contribution < 1.29 is 9.18 Å². The number of hydrogen-bond acceptors (Lipinski definition) is 3. The highest BCUT2D eigenvalue weighted by Gasteiger charge is 2.02. The smallest absolute Gasteiger partial charge is 0.257 e. The number of carbonyl (C=O) groups is 1. The van der Waals surface area contributed by atoms with Crippen molar-refractivity contribution in [2.45, 2.75) is 6.92 Å². The van der Waals surface area contributed by atoms with Crippen LogP contribution in [0.15, 0.2) is 48.5 Å². The van der Waals surface area contributed by atoms with Crippen LogP contribution in [-0.2, 0) is 4.79 Å². The molecule has 23 heavy (non-hydrogen) atoms. The van der Waals surface area contributed by atoms with E-state index in [1.807, 2.05) is 31.2 Å². The Hall–Kier alpha value is -2.67. The van der Waals surface area contributed by atoms with Gasteiger partial charge in [0.15, 0.2) is 5.11 Å². The quantitative estimate of drug-likeness (QED) is 0.512. The number of anilines is 2. The summed E-state index contributed by atoms with van der Waals surface area (Å²) >= 11 is 5.03. The van der Waals surface area contributed by atoms with E-state index in [-0.39, 0.29) is 23.4 Å². The molecule has 0 aromatic heterocycles. The van der Waals surface area contributed by atoms with Crippen LogP contribution in [0.1, 0.15) is 5.56 Å². The van der Waals surface area contributed by atoms with Gasteiger partial charge in [0.05, 0.1) is 6.54 Å². The molecule has 0 unspecified atom stereocenters. The summed E-state index contributed by atoms with van der Waals surface area (Å²) in [5, 5.41) is 6.03. The molecule has 2 aromatic carbocycles. The Morgan fingerprint density at radius 3 is 2.26 bits per heavy atom. The molecule has 4 N–H and O–H groups in total. The number of nitrogens with one attached hydrogen (secondary N) is 4. The lowest BCUT2D eigenvalue weighted by atomic mass is 10.2. The fourth-order valence-corrected chi connectivity index (χ4v) is 1.89. The van der Waals surface area contributed by atoms with E-state index < -0.39 is 0 Å². The number of aryl methyl sites for hydroxylation is 1. The van der Waals surface area contributed by atoms with Gasteiger partial charge in [-0.05, 0) is 55.5 Å². The molecule has 120 valence electrons. The fourth-order valence-electron chi connectivity index (χ4n) is 1.72. The third-order valence-electron chi connectivity index (χ3n) is 2.92. The summed E-state index contributed by atoms with van der Waals surface area (Å²) in [5.74, 6) is -0.598. The van der Waals surface area contributed by atoms with Crippen molar-refractivity contribution in [3.05, 3.63) is 59.9 Å². The molecule has 1 amide bonds. The number of rotatable bonds is 4. The zero-order valence-corrected chi connectivity index (χ0v) is 13.3. The first-order valence-corrected chi connectivity index (χ1v) is 7.36. The minimum Gasteiger partial charge on any atom is -0.376 e. The summed E-state index contributed by atoms with van der Waals surface area (Å²) in [6.45, 7) is 2.10. The van der Waals surface area contributed by atoms with Crippen LogP contribution < -0.4 is 21.5 Å². The number of amides is 1. The van der Waals surface area contributed by atoms with Crippen LogP contribution in [0.4, 0.5) is 15.8 Å². The molecule has 0 radical (unpaired) electrons. The van der Waals surface area contributed by atoms with E-state index in [2.05, 4.69) is 21.5 Å². The van der Waals surface area contributed by atoms with Gasteiger partial charge >= 0.3 is 0 Å². The minimum atomic E-state index is -0.329. The van der Waals surface area contributed by atoms with Crippen molar-refractivity contribution in [2.75, 3.05) is 17.2 Å². The van der Waals surface area contributed by atoms with Gasteiger partial charge in [0.1, 0.15) is 5.82 Å². The van der Waals surface area contributed by atoms with Crippen molar-refractivity contribution in [1.29, 1.82) is 0 Å². The van der Waals surface area contributed by atoms with E-state index in [9.17, 15) is 9.18 Å². The molecule has 5 nitrogen and oxygen atoms in total. The van der Waals surface area contributed by atoms with Crippen LogP contribution in [0.2, 0.25) is 0 Å². The maximum Gasteiger partial charge on any atom is 0.257 e. The summed E-state index contributed by atoms with van der Waals surface area (Å²) < 4.78 is 12.8. The second kappa shape index (κ2) is 8.09. The average molecular weight is 332 g/mol. The second-order valence-electron chi connectivity index (χ2n) is 4.85. The lowest BCUT2D eigenvalue weighted by molar-refractivity contribution is -0.119. The molecule has 0 fully saturated rings. The van der Waals surface area contributed by atoms with Crippen molar-refractivity contribution in [1.82, 2.24) is 10.9 Å². The predicted octanol–water partition coefficient (Wildman–Crippen LogP) is 2.56. The van der Waals surface area contributed by atoms with Gasteiger partial charge in [-0.25, -0.2) is 4.39 Å².